The average molecular weight is 431 g/mol. The van der Waals surface area contributed by atoms with E-state index in [2.05, 4.69) is 4.98 Å². The second kappa shape index (κ2) is 7.73. The minimum absolute atomic E-state index is 0.00245. The molecule has 0 radical (unpaired) electrons. The molecule has 1 aliphatic rings. The lowest BCUT2D eigenvalue weighted by atomic mass is 10.1. The molecule has 2 aromatic carbocycles. The lowest BCUT2D eigenvalue weighted by molar-refractivity contribution is 0.246. The normalized spacial score (nSPS) is 15.8. The van der Waals surface area contributed by atoms with Gasteiger partial charge in [0.1, 0.15) is 17.7 Å². The molecule has 0 fully saturated rings. The van der Waals surface area contributed by atoms with Crippen LogP contribution in [-0.2, 0) is 23.1 Å². The Morgan fingerprint density at radius 3 is 2.67 bits per heavy atom. The Hall–Kier alpha value is -2.91. The Bertz CT molecular complexity index is 1150. The molecule has 0 N–H and O–H groups in total. The Morgan fingerprint density at radius 1 is 1.27 bits per heavy atom. The first-order chi connectivity index (χ1) is 14.3. The number of sulfonamides is 1. The molecule has 0 amide bonds. The first-order valence-corrected chi connectivity index (χ1v) is 10.8. The zero-order valence-electron chi connectivity index (χ0n) is 16.9. The van der Waals surface area contributed by atoms with Crippen LogP contribution in [0.3, 0.4) is 0 Å². The van der Waals surface area contributed by atoms with Crippen molar-refractivity contribution in [1.82, 2.24) is 13.9 Å². The first-order valence-electron chi connectivity index (χ1n) is 9.41. The number of nitrogens with zero attached hydrogens (tertiary/aromatic N) is 3. The van der Waals surface area contributed by atoms with Crippen LogP contribution >= 0.6 is 0 Å². The number of benzene rings is 2. The van der Waals surface area contributed by atoms with Gasteiger partial charge in [0.15, 0.2) is 0 Å². The zero-order valence-corrected chi connectivity index (χ0v) is 17.7. The van der Waals surface area contributed by atoms with Crippen molar-refractivity contribution in [3.05, 3.63) is 60.0 Å². The van der Waals surface area contributed by atoms with E-state index in [1.54, 1.807) is 42.1 Å². The molecule has 0 bridgehead atoms. The highest BCUT2D eigenvalue weighted by Crippen LogP contribution is 2.31. The van der Waals surface area contributed by atoms with E-state index in [-0.39, 0.29) is 23.1 Å². The molecule has 30 heavy (non-hydrogen) atoms. The van der Waals surface area contributed by atoms with Crippen LogP contribution in [0.25, 0.3) is 11.3 Å². The van der Waals surface area contributed by atoms with Crippen molar-refractivity contribution >= 4 is 10.0 Å². The molecular formula is C21H22FN3O4S. The monoisotopic (exact) mass is 431 g/mol. The number of hydrogen-bond donors (Lipinski definition) is 0. The van der Waals surface area contributed by atoms with E-state index in [0.717, 1.165) is 11.6 Å². The fourth-order valence-electron chi connectivity index (χ4n) is 3.36. The predicted molar refractivity (Wildman–Crippen MR) is 109 cm³/mol. The Balaban J connectivity index is 1.61. The van der Waals surface area contributed by atoms with Gasteiger partial charge in [0.05, 0.1) is 24.2 Å². The molecule has 0 unspecified atom stereocenters. The molecule has 4 rings (SSSR count). The van der Waals surface area contributed by atoms with Gasteiger partial charge in [-0.05, 0) is 42.8 Å². The third-order valence-electron chi connectivity index (χ3n) is 4.99. The summed E-state index contributed by atoms with van der Waals surface area (Å²) >= 11 is 0. The van der Waals surface area contributed by atoms with Gasteiger partial charge in [-0.2, -0.15) is 9.29 Å². The van der Waals surface area contributed by atoms with E-state index in [9.17, 15) is 12.8 Å². The summed E-state index contributed by atoms with van der Waals surface area (Å²) in [5.74, 6) is 0.148. The van der Waals surface area contributed by atoms with Gasteiger partial charge < -0.3 is 9.47 Å². The number of ether oxygens (including phenoxy) is 2. The van der Waals surface area contributed by atoms with E-state index in [4.69, 9.17) is 9.47 Å². The molecule has 2 heterocycles. The van der Waals surface area contributed by atoms with Crippen molar-refractivity contribution in [2.45, 2.75) is 31.0 Å². The van der Waals surface area contributed by atoms with E-state index < -0.39 is 15.8 Å². The summed E-state index contributed by atoms with van der Waals surface area (Å²) in [6, 6.07) is 11.3. The molecule has 0 saturated heterocycles. The molecule has 1 aliphatic heterocycles. The highest BCUT2D eigenvalue weighted by atomic mass is 32.2. The number of fused-ring (bicyclic) bond motifs is 1. The lowest BCUT2D eigenvalue weighted by Gasteiger charge is -2.18. The standard InChI is InChI=1S/C21H22FN3O4S/c1-14-11-25-13-20(23-21(25)29-14)18-10-17(8-9-19(18)22)30(26,27)24(2)12-15-4-6-16(28-3)7-5-15/h4-10,13-14H,11-12H2,1-3H3/t14-/m0/s1. The van der Waals surface area contributed by atoms with Crippen molar-refractivity contribution in [3.63, 3.8) is 0 Å². The van der Waals surface area contributed by atoms with E-state index in [1.807, 2.05) is 6.92 Å². The second-order valence-electron chi connectivity index (χ2n) is 7.24. The third-order valence-corrected chi connectivity index (χ3v) is 6.79. The number of hydrogen-bond acceptors (Lipinski definition) is 5. The second-order valence-corrected chi connectivity index (χ2v) is 9.29. The fourth-order valence-corrected chi connectivity index (χ4v) is 4.55. The molecule has 3 aromatic rings. The summed E-state index contributed by atoms with van der Waals surface area (Å²) in [5.41, 5.74) is 1.26. The van der Waals surface area contributed by atoms with E-state index >= 15 is 0 Å². The molecule has 7 nitrogen and oxygen atoms in total. The summed E-state index contributed by atoms with van der Waals surface area (Å²) < 4.78 is 54.3. The van der Waals surface area contributed by atoms with Gasteiger partial charge >= 0.3 is 0 Å². The van der Waals surface area contributed by atoms with Crippen molar-refractivity contribution in [2.24, 2.45) is 0 Å². The van der Waals surface area contributed by atoms with Crippen LogP contribution < -0.4 is 9.47 Å². The zero-order chi connectivity index (χ0) is 21.5. The lowest BCUT2D eigenvalue weighted by Crippen LogP contribution is -2.26. The van der Waals surface area contributed by atoms with Crippen molar-refractivity contribution in [3.8, 4) is 23.0 Å². The third kappa shape index (κ3) is 3.78. The van der Waals surface area contributed by atoms with Gasteiger partial charge in [0.2, 0.25) is 10.0 Å². The summed E-state index contributed by atoms with van der Waals surface area (Å²) in [6.45, 7) is 2.71. The fraction of sp³-hybridized carbons (Fsp3) is 0.286. The Labute approximate surface area is 174 Å². The summed E-state index contributed by atoms with van der Waals surface area (Å²) in [6.07, 6.45) is 1.68. The van der Waals surface area contributed by atoms with Crippen LogP contribution in [0.4, 0.5) is 4.39 Å². The van der Waals surface area contributed by atoms with Crippen LogP contribution in [0.15, 0.2) is 53.6 Å². The van der Waals surface area contributed by atoms with E-state index in [0.29, 0.717) is 24.0 Å². The highest BCUT2D eigenvalue weighted by molar-refractivity contribution is 7.89. The van der Waals surface area contributed by atoms with Gasteiger partial charge in [0, 0.05) is 25.4 Å². The summed E-state index contributed by atoms with van der Waals surface area (Å²) in [4.78, 5) is 4.30. The molecule has 0 saturated carbocycles. The number of methoxy groups -OCH3 is 1. The van der Waals surface area contributed by atoms with E-state index in [1.165, 1.54) is 23.5 Å². The topological polar surface area (TPSA) is 73.7 Å². The van der Waals surface area contributed by atoms with Gasteiger partial charge in [-0.25, -0.2) is 12.8 Å². The minimum atomic E-state index is -3.83. The van der Waals surface area contributed by atoms with Crippen LogP contribution in [-0.4, -0.2) is 42.5 Å². The van der Waals surface area contributed by atoms with Gasteiger partial charge in [-0.3, -0.25) is 4.57 Å². The van der Waals surface area contributed by atoms with Crippen LogP contribution in [0, 0.1) is 5.82 Å². The number of rotatable bonds is 6. The van der Waals surface area contributed by atoms with Gasteiger partial charge in [-0.1, -0.05) is 12.1 Å². The smallest absolute Gasteiger partial charge is 0.297 e. The summed E-state index contributed by atoms with van der Waals surface area (Å²) in [5, 5.41) is 0. The van der Waals surface area contributed by atoms with Crippen LogP contribution in [0.5, 0.6) is 11.8 Å². The molecular weight excluding hydrogens is 409 g/mol. The van der Waals surface area contributed by atoms with Crippen LogP contribution in [0.1, 0.15) is 12.5 Å². The van der Waals surface area contributed by atoms with Crippen molar-refractivity contribution < 1.29 is 22.3 Å². The van der Waals surface area contributed by atoms with Crippen molar-refractivity contribution in [1.29, 1.82) is 0 Å². The summed E-state index contributed by atoms with van der Waals surface area (Å²) in [7, 11) is -0.777. The Morgan fingerprint density at radius 2 is 2.00 bits per heavy atom. The molecule has 9 heteroatoms. The number of halogens is 1. The predicted octanol–water partition coefficient (Wildman–Crippen LogP) is 3.30. The minimum Gasteiger partial charge on any atom is -0.497 e. The quantitative estimate of drug-likeness (QED) is 0.599. The van der Waals surface area contributed by atoms with Gasteiger partial charge in [-0.15, -0.1) is 0 Å². The Kier molecular flexibility index (Phi) is 5.25. The molecule has 1 aromatic heterocycles. The van der Waals surface area contributed by atoms with Crippen LogP contribution in [0.2, 0.25) is 0 Å². The number of imidazole rings is 1. The van der Waals surface area contributed by atoms with Crippen molar-refractivity contribution in [2.75, 3.05) is 14.2 Å². The molecule has 0 spiro atoms. The average Bonchev–Trinajstić information content (AvgIpc) is 3.26. The maximum absolute atomic E-state index is 14.5. The maximum Gasteiger partial charge on any atom is 0.297 e. The number of aromatic nitrogens is 2. The maximum atomic E-state index is 14.5. The molecule has 0 aliphatic carbocycles. The molecule has 158 valence electrons. The highest BCUT2D eigenvalue weighted by Gasteiger charge is 2.26. The van der Waals surface area contributed by atoms with Gasteiger partial charge in [0.25, 0.3) is 6.01 Å². The molecule has 1 atom stereocenters. The largest absolute Gasteiger partial charge is 0.497 e. The first kappa shape index (κ1) is 20.4. The SMILES string of the molecule is COc1ccc(CN(C)S(=O)(=O)c2ccc(F)c(-c3cn4c(n3)O[C@@H](C)C4)c2)cc1.